The van der Waals surface area contributed by atoms with Gasteiger partial charge in [-0.2, -0.15) is 5.10 Å². The molecule has 2 aliphatic carbocycles. The van der Waals surface area contributed by atoms with Crippen LogP contribution >= 0.6 is 0 Å². The van der Waals surface area contributed by atoms with E-state index >= 15 is 0 Å². The molecule has 0 radical (unpaired) electrons. The van der Waals surface area contributed by atoms with Crippen LogP contribution < -0.4 is 10.6 Å². The molecular weight excluding hydrogens is 366 g/mol. The van der Waals surface area contributed by atoms with Gasteiger partial charge in [-0.1, -0.05) is 31.0 Å². The molecule has 7 heteroatoms. The average Bonchev–Trinajstić information content (AvgIpc) is 3.18. The van der Waals surface area contributed by atoms with E-state index in [2.05, 4.69) is 10.6 Å². The maximum absolute atomic E-state index is 12.6. The van der Waals surface area contributed by atoms with Crippen LogP contribution in [0.1, 0.15) is 50.1 Å². The van der Waals surface area contributed by atoms with Crippen molar-refractivity contribution in [2.24, 2.45) is 0 Å². The zero-order chi connectivity index (χ0) is 20.2. The summed E-state index contributed by atoms with van der Waals surface area (Å²) in [5, 5.41) is 10.8. The fourth-order valence-corrected chi connectivity index (χ4v) is 3.91. The molecule has 0 atom stereocenters. The topological polar surface area (TPSA) is 79.3 Å². The van der Waals surface area contributed by atoms with Gasteiger partial charge in [-0.3, -0.25) is 14.5 Å². The first-order chi connectivity index (χ1) is 14.1. The first kappa shape index (κ1) is 19.6. The molecule has 2 amide bonds. The molecule has 0 spiro atoms. The van der Waals surface area contributed by atoms with Crippen LogP contribution in [0.15, 0.2) is 36.4 Å². The van der Waals surface area contributed by atoms with Gasteiger partial charge >= 0.3 is 0 Å². The molecule has 154 valence electrons. The highest BCUT2D eigenvalue weighted by molar-refractivity contribution is 5.92. The molecule has 4 rings (SSSR count). The van der Waals surface area contributed by atoms with Gasteiger partial charge in [-0.25, -0.2) is 4.68 Å². The van der Waals surface area contributed by atoms with Crippen molar-refractivity contribution >= 4 is 17.6 Å². The highest BCUT2D eigenvalue weighted by Crippen LogP contribution is 2.35. The second kappa shape index (κ2) is 8.78. The van der Waals surface area contributed by atoms with Gasteiger partial charge in [0.1, 0.15) is 5.82 Å². The van der Waals surface area contributed by atoms with E-state index in [1.54, 1.807) is 11.9 Å². The zero-order valence-corrected chi connectivity index (χ0v) is 16.9. The Hall–Kier alpha value is -2.67. The van der Waals surface area contributed by atoms with Gasteiger partial charge in [0.15, 0.2) is 0 Å². The number of nitrogens with one attached hydrogen (secondary N) is 2. The summed E-state index contributed by atoms with van der Waals surface area (Å²) in [7, 11) is 1.78. The van der Waals surface area contributed by atoms with Crippen molar-refractivity contribution in [3.8, 4) is 5.69 Å². The van der Waals surface area contributed by atoms with Crippen molar-refractivity contribution in [2.75, 3.05) is 25.5 Å². The maximum atomic E-state index is 12.6. The molecule has 1 aromatic carbocycles. The lowest BCUT2D eigenvalue weighted by molar-refractivity contribution is -0.123. The van der Waals surface area contributed by atoms with E-state index in [1.165, 1.54) is 12.8 Å². The summed E-state index contributed by atoms with van der Waals surface area (Å²) in [6.07, 6.45) is 6.89. The summed E-state index contributed by atoms with van der Waals surface area (Å²) in [6.45, 7) is 0.367. The largest absolute Gasteiger partial charge is 0.352 e. The van der Waals surface area contributed by atoms with Crippen LogP contribution in [-0.4, -0.2) is 52.7 Å². The standard InChI is InChI=1S/C22H29N5O2/c1-26(14-21(28)23-17-11-12-17)15-22(29)24-20-13-19(16-7-5-6-8-16)25-27(20)18-9-3-2-4-10-18/h2-4,9-10,13,16-17H,5-8,11-12,14-15H2,1H3,(H,23,28)(H,24,29). The lowest BCUT2D eigenvalue weighted by Crippen LogP contribution is -2.39. The Bertz CT molecular complexity index is 853. The number of hydrogen-bond acceptors (Lipinski definition) is 4. The van der Waals surface area contributed by atoms with Crippen molar-refractivity contribution in [3.63, 3.8) is 0 Å². The van der Waals surface area contributed by atoms with Crippen molar-refractivity contribution in [1.29, 1.82) is 0 Å². The summed E-state index contributed by atoms with van der Waals surface area (Å²) < 4.78 is 1.81. The van der Waals surface area contributed by atoms with E-state index in [-0.39, 0.29) is 24.9 Å². The second-order valence-corrected chi connectivity index (χ2v) is 8.25. The normalized spacial score (nSPS) is 16.9. The SMILES string of the molecule is CN(CC(=O)Nc1cc(C2CCCC2)nn1-c1ccccc1)CC(=O)NC1CC1. The summed E-state index contributed by atoms with van der Waals surface area (Å²) in [6, 6.07) is 12.2. The maximum Gasteiger partial charge on any atom is 0.239 e. The fraction of sp³-hybridized carbons (Fsp3) is 0.500. The average molecular weight is 396 g/mol. The van der Waals surface area contributed by atoms with Crippen LogP contribution in [0.4, 0.5) is 5.82 Å². The minimum absolute atomic E-state index is 0.0272. The molecule has 29 heavy (non-hydrogen) atoms. The highest BCUT2D eigenvalue weighted by Gasteiger charge is 2.25. The third kappa shape index (κ3) is 5.23. The molecule has 0 unspecified atom stereocenters. The van der Waals surface area contributed by atoms with Gasteiger partial charge < -0.3 is 10.6 Å². The minimum Gasteiger partial charge on any atom is -0.352 e. The summed E-state index contributed by atoms with van der Waals surface area (Å²) in [5.41, 5.74) is 1.96. The number of carbonyl (C=O) groups is 2. The summed E-state index contributed by atoms with van der Waals surface area (Å²) in [4.78, 5) is 26.3. The van der Waals surface area contributed by atoms with Gasteiger partial charge in [-0.05, 0) is 44.9 Å². The first-order valence-corrected chi connectivity index (χ1v) is 10.5. The molecular formula is C22H29N5O2. The second-order valence-electron chi connectivity index (χ2n) is 8.25. The number of rotatable bonds is 8. The number of aromatic nitrogens is 2. The summed E-state index contributed by atoms with van der Waals surface area (Å²) >= 11 is 0. The lowest BCUT2D eigenvalue weighted by atomic mass is 10.0. The van der Waals surface area contributed by atoms with Crippen LogP contribution in [0.3, 0.4) is 0 Å². The van der Waals surface area contributed by atoms with Gasteiger partial charge in [0.05, 0.1) is 24.5 Å². The number of likely N-dealkylation sites (N-methyl/N-ethyl adjacent to an activating group) is 1. The number of amides is 2. The quantitative estimate of drug-likeness (QED) is 0.720. The van der Waals surface area contributed by atoms with E-state index in [1.807, 2.05) is 41.1 Å². The Balaban J connectivity index is 1.43. The Kier molecular flexibility index (Phi) is 5.94. The van der Waals surface area contributed by atoms with E-state index in [9.17, 15) is 9.59 Å². The number of nitrogens with zero attached hydrogens (tertiary/aromatic N) is 3. The third-order valence-corrected chi connectivity index (χ3v) is 5.54. The zero-order valence-electron chi connectivity index (χ0n) is 16.9. The number of carbonyl (C=O) groups excluding carboxylic acids is 2. The lowest BCUT2D eigenvalue weighted by Gasteiger charge is -2.16. The monoisotopic (exact) mass is 395 g/mol. The van der Waals surface area contributed by atoms with E-state index < -0.39 is 0 Å². The van der Waals surface area contributed by atoms with Crippen LogP contribution in [0.5, 0.6) is 0 Å². The molecule has 1 aromatic heterocycles. The van der Waals surface area contributed by atoms with E-state index in [4.69, 9.17) is 5.10 Å². The number of anilines is 1. The molecule has 2 fully saturated rings. The summed E-state index contributed by atoms with van der Waals surface area (Å²) in [5.74, 6) is 0.964. The third-order valence-electron chi connectivity index (χ3n) is 5.54. The minimum atomic E-state index is -0.151. The van der Waals surface area contributed by atoms with E-state index in [0.29, 0.717) is 17.8 Å². The van der Waals surface area contributed by atoms with Gasteiger partial charge in [-0.15, -0.1) is 0 Å². The predicted molar refractivity (Wildman–Crippen MR) is 112 cm³/mol. The smallest absolute Gasteiger partial charge is 0.239 e. The molecule has 0 bridgehead atoms. The molecule has 7 nitrogen and oxygen atoms in total. The van der Waals surface area contributed by atoms with Crippen LogP contribution in [-0.2, 0) is 9.59 Å². The van der Waals surface area contributed by atoms with Crippen LogP contribution in [0.25, 0.3) is 5.69 Å². The van der Waals surface area contributed by atoms with Crippen LogP contribution in [0.2, 0.25) is 0 Å². The molecule has 0 aliphatic heterocycles. The van der Waals surface area contributed by atoms with Gasteiger partial charge in [0, 0.05) is 18.0 Å². The van der Waals surface area contributed by atoms with Crippen LogP contribution in [0, 0.1) is 0 Å². The molecule has 2 saturated carbocycles. The highest BCUT2D eigenvalue weighted by atomic mass is 16.2. The number of benzene rings is 1. The Labute approximate surface area is 171 Å². The van der Waals surface area contributed by atoms with Crippen molar-refractivity contribution in [1.82, 2.24) is 20.0 Å². The Morgan fingerprint density at radius 3 is 2.45 bits per heavy atom. The van der Waals surface area contributed by atoms with Crippen molar-refractivity contribution in [3.05, 3.63) is 42.1 Å². The Morgan fingerprint density at radius 1 is 1.07 bits per heavy atom. The molecule has 2 N–H and O–H groups in total. The van der Waals surface area contributed by atoms with Crippen molar-refractivity contribution in [2.45, 2.75) is 50.5 Å². The first-order valence-electron chi connectivity index (χ1n) is 10.5. The Morgan fingerprint density at radius 2 is 1.76 bits per heavy atom. The molecule has 1 heterocycles. The van der Waals surface area contributed by atoms with Crippen molar-refractivity contribution < 1.29 is 9.59 Å². The van der Waals surface area contributed by atoms with E-state index in [0.717, 1.165) is 37.1 Å². The van der Waals surface area contributed by atoms with Gasteiger partial charge in [0.25, 0.3) is 0 Å². The van der Waals surface area contributed by atoms with Gasteiger partial charge in [0.2, 0.25) is 11.8 Å². The molecule has 2 aliphatic rings. The molecule has 2 aromatic rings. The number of hydrogen-bond donors (Lipinski definition) is 2. The number of para-hydroxylation sites is 1. The predicted octanol–water partition coefficient (Wildman–Crippen LogP) is 2.68. The fourth-order valence-electron chi connectivity index (χ4n) is 3.91. The molecule has 0 saturated heterocycles.